The molecule has 0 fully saturated rings. The van der Waals surface area contributed by atoms with Crippen LogP contribution in [-0.4, -0.2) is 29.2 Å². The molecule has 0 saturated carbocycles. The number of anilines is 1. The van der Waals surface area contributed by atoms with E-state index >= 15 is 0 Å². The number of pyridine rings is 1. The number of ether oxygens (including phenoxy) is 1. The van der Waals surface area contributed by atoms with Crippen LogP contribution in [0.5, 0.6) is 5.75 Å². The highest BCUT2D eigenvalue weighted by molar-refractivity contribution is 5.99. The lowest BCUT2D eigenvalue weighted by molar-refractivity contribution is -0.137. The van der Waals surface area contributed by atoms with Crippen molar-refractivity contribution in [2.75, 3.05) is 12.4 Å². The highest BCUT2D eigenvalue weighted by Crippen LogP contribution is 2.36. The number of aryl methyl sites for hydroxylation is 1. The van der Waals surface area contributed by atoms with E-state index in [9.17, 15) is 19.6 Å². The molecule has 1 aromatic heterocycles. The van der Waals surface area contributed by atoms with Gasteiger partial charge in [0.2, 0.25) is 0 Å². The van der Waals surface area contributed by atoms with Crippen molar-refractivity contribution in [1.82, 2.24) is 4.98 Å². The van der Waals surface area contributed by atoms with Crippen LogP contribution < -0.4 is 10.1 Å². The van der Waals surface area contributed by atoms with E-state index in [1.807, 2.05) is 49.4 Å². The summed E-state index contributed by atoms with van der Waals surface area (Å²) >= 11 is 0. The predicted octanol–water partition coefficient (Wildman–Crippen LogP) is 5.78. The molecule has 0 saturated heterocycles. The van der Waals surface area contributed by atoms with Crippen LogP contribution >= 0.6 is 0 Å². The number of halogens is 1. The molecule has 0 bridgehead atoms. The molecule has 4 rings (SSSR count). The number of fused-ring (bicyclic) bond motifs is 1. The van der Waals surface area contributed by atoms with Gasteiger partial charge in [0.25, 0.3) is 0 Å². The molecule has 1 unspecified atom stereocenters. The number of aliphatic carboxylic acids is 1. The van der Waals surface area contributed by atoms with E-state index in [0.717, 1.165) is 22.4 Å². The Kier molecular flexibility index (Phi) is 6.15. The Morgan fingerprint density at radius 2 is 1.82 bits per heavy atom. The quantitative estimate of drug-likeness (QED) is 0.383. The first-order valence-corrected chi connectivity index (χ1v) is 10.6. The summed E-state index contributed by atoms with van der Waals surface area (Å²) in [7, 11) is 1.62. The van der Waals surface area contributed by atoms with Gasteiger partial charge >= 0.3 is 5.97 Å². The lowest BCUT2D eigenvalue weighted by Gasteiger charge is -2.17. The number of carboxylic acids is 1. The highest BCUT2D eigenvalue weighted by Gasteiger charge is 2.21. The van der Waals surface area contributed by atoms with Gasteiger partial charge in [0.1, 0.15) is 29.2 Å². The predicted molar refractivity (Wildman–Crippen MR) is 129 cm³/mol. The second kappa shape index (κ2) is 9.20. The molecule has 0 aliphatic heterocycles. The smallest absolute Gasteiger partial charge is 0.325 e. The van der Waals surface area contributed by atoms with Gasteiger partial charge in [-0.15, -0.1) is 0 Å². The largest absolute Gasteiger partial charge is 0.496 e. The number of aromatic nitrogens is 1. The summed E-state index contributed by atoms with van der Waals surface area (Å²) in [4.78, 5) is 16.1. The van der Waals surface area contributed by atoms with Crippen LogP contribution in [0.15, 0.2) is 60.7 Å². The first-order valence-electron chi connectivity index (χ1n) is 10.6. The molecule has 0 aliphatic carbocycles. The molecule has 0 amide bonds. The van der Waals surface area contributed by atoms with Gasteiger partial charge in [-0.1, -0.05) is 35.9 Å². The van der Waals surface area contributed by atoms with Crippen LogP contribution in [0.3, 0.4) is 0 Å². The fraction of sp³-hybridized carbons (Fsp3) is 0.148. The maximum atomic E-state index is 14.0. The van der Waals surface area contributed by atoms with Crippen LogP contribution in [0.25, 0.3) is 33.3 Å². The first kappa shape index (κ1) is 22.7. The Labute approximate surface area is 196 Å². The molecule has 0 radical (unpaired) electrons. The van der Waals surface area contributed by atoms with Gasteiger partial charge in [0, 0.05) is 16.5 Å². The van der Waals surface area contributed by atoms with Gasteiger partial charge in [0.05, 0.1) is 24.0 Å². The minimum Gasteiger partial charge on any atom is -0.496 e. The lowest BCUT2D eigenvalue weighted by atomic mass is 9.97. The number of methoxy groups -OCH3 is 1. The van der Waals surface area contributed by atoms with E-state index in [-0.39, 0.29) is 11.3 Å². The number of carbonyl (C=O) groups is 1. The number of hydrogen-bond acceptors (Lipinski definition) is 5. The van der Waals surface area contributed by atoms with Gasteiger partial charge in [-0.2, -0.15) is 5.26 Å². The van der Waals surface area contributed by atoms with Crippen molar-refractivity contribution in [1.29, 1.82) is 5.26 Å². The first-order chi connectivity index (χ1) is 16.3. The van der Waals surface area contributed by atoms with Crippen molar-refractivity contribution in [2.24, 2.45) is 0 Å². The maximum absolute atomic E-state index is 14.0. The molecule has 0 aliphatic rings. The molecule has 7 heteroatoms. The van der Waals surface area contributed by atoms with E-state index in [1.165, 1.54) is 25.1 Å². The van der Waals surface area contributed by atoms with Gasteiger partial charge in [0.15, 0.2) is 0 Å². The SMILES string of the molecule is COc1ccc(C)cc1-c1ccc(-c2nc3ccc(F)cc3c(NC(C)C(=O)O)c2C#N)cc1. The van der Waals surface area contributed by atoms with Crippen LogP contribution in [0, 0.1) is 24.1 Å². The molecule has 6 nitrogen and oxygen atoms in total. The Morgan fingerprint density at radius 1 is 1.12 bits per heavy atom. The summed E-state index contributed by atoms with van der Waals surface area (Å²) in [6.07, 6.45) is 0. The molecule has 3 aromatic carbocycles. The summed E-state index contributed by atoms with van der Waals surface area (Å²) in [6.45, 7) is 3.46. The van der Waals surface area contributed by atoms with Gasteiger partial charge < -0.3 is 15.2 Å². The van der Waals surface area contributed by atoms with Gasteiger partial charge in [-0.05, 0) is 49.7 Å². The average Bonchev–Trinajstić information content (AvgIpc) is 2.84. The Morgan fingerprint density at radius 3 is 2.47 bits per heavy atom. The summed E-state index contributed by atoms with van der Waals surface area (Å²) in [5.41, 5.74) is 4.85. The minimum atomic E-state index is -1.09. The molecule has 1 heterocycles. The number of carboxylic acid groups (broad SMARTS) is 1. The van der Waals surface area contributed by atoms with Crippen molar-refractivity contribution in [3.8, 4) is 34.2 Å². The number of benzene rings is 3. The molecule has 2 N–H and O–H groups in total. The topological polar surface area (TPSA) is 95.2 Å². The standard InChI is InChI=1S/C27H22FN3O3/c1-15-4-11-24(34-3)20(12-15)17-5-7-18(8-6-17)25-22(14-29)26(30-16(2)27(32)33)21-13-19(28)9-10-23(21)31-25/h4-13,16H,1-3H3,(H,30,31)(H,32,33). The molecule has 1 atom stereocenters. The zero-order valence-corrected chi connectivity index (χ0v) is 18.9. The summed E-state index contributed by atoms with van der Waals surface area (Å²) in [6, 6.07) is 18.6. The average molecular weight is 455 g/mol. The van der Waals surface area contributed by atoms with Crippen molar-refractivity contribution in [3.63, 3.8) is 0 Å². The van der Waals surface area contributed by atoms with E-state index in [2.05, 4.69) is 16.4 Å². The molecular weight excluding hydrogens is 433 g/mol. The van der Waals surface area contributed by atoms with Crippen molar-refractivity contribution in [3.05, 3.63) is 77.6 Å². The molecular formula is C27H22FN3O3. The van der Waals surface area contributed by atoms with Gasteiger partial charge in [-0.3, -0.25) is 4.79 Å². The van der Waals surface area contributed by atoms with Crippen LogP contribution in [0.1, 0.15) is 18.1 Å². The van der Waals surface area contributed by atoms with Crippen LogP contribution in [0.2, 0.25) is 0 Å². The number of hydrogen-bond donors (Lipinski definition) is 2. The zero-order valence-electron chi connectivity index (χ0n) is 18.9. The summed E-state index contributed by atoms with van der Waals surface area (Å²) in [5.74, 6) is -0.854. The Bertz CT molecular complexity index is 1440. The number of nitrogens with one attached hydrogen (secondary N) is 1. The van der Waals surface area contributed by atoms with Gasteiger partial charge in [-0.25, -0.2) is 9.37 Å². The van der Waals surface area contributed by atoms with E-state index in [1.54, 1.807) is 7.11 Å². The monoisotopic (exact) mass is 455 g/mol. The molecule has 4 aromatic rings. The second-order valence-corrected chi connectivity index (χ2v) is 7.97. The summed E-state index contributed by atoms with van der Waals surface area (Å²) < 4.78 is 19.5. The molecule has 0 spiro atoms. The zero-order chi connectivity index (χ0) is 24.4. The Balaban J connectivity index is 1.88. The Hall–Kier alpha value is -4.44. The number of nitrogens with zero attached hydrogens (tertiary/aromatic N) is 2. The van der Waals surface area contributed by atoms with Crippen LogP contribution in [0.4, 0.5) is 10.1 Å². The molecule has 34 heavy (non-hydrogen) atoms. The fourth-order valence-corrected chi connectivity index (χ4v) is 3.84. The summed E-state index contributed by atoms with van der Waals surface area (Å²) in [5, 5.41) is 22.6. The normalized spacial score (nSPS) is 11.6. The number of nitriles is 1. The minimum absolute atomic E-state index is 0.145. The van der Waals surface area contributed by atoms with E-state index < -0.39 is 17.8 Å². The van der Waals surface area contributed by atoms with Crippen molar-refractivity contribution < 1.29 is 19.0 Å². The third-order valence-corrected chi connectivity index (χ3v) is 5.61. The molecule has 170 valence electrons. The van der Waals surface area contributed by atoms with E-state index in [4.69, 9.17) is 4.74 Å². The van der Waals surface area contributed by atoms with Crippen molar-refractivity contribution in [2.45, 2.75) is 19.9 Å². The second-order valence-electron chi connectivity index (χ2n) is 7.97. The van der Waals surface area contributed by atoms with Crippen LogP contribution in [-0.2, 0) is 4.79 Å². The maximum Gasteiger partial charge on any atom is 0.325 e. The number of rotatable bonds is 6. The van der Waals surface area contributed by atoms with Crippen molar-refractivity contribution >= 4 is 22.6 Å². The third-order valence-electron chi connectivity index (χ3n) is 5.61. The fourth-order valence-electron chi connectivity index (χ4n) is 3.84. The highest BCUT2D eigenvalue weighted by atomic mass is 19.1. The van der Waals surface area contributed by atoms with E-state index in [0.29, 0.717) is 22.2 Å². The third kappa shape index (κ3) is 4.26. The lowest BCUT2D eigenvalue weighted by Crippen LogP contribution is -2.26.